The van der Waals surface area contributed by atoms with Gasteiger partial charge in [-0.2, -0.15) is 4.98 Å². The predicted octanol–water partition coefficient (Wildman–Crippen LogP) is 4.58. The summed E-state index contributed by atoms with van der Waals surface area (Å²) in [5.74, 6) is 1.18. The van der Waals surface area contributed by atoms with E-state index in [0.717, 1.165) is 11.3 Å². The number of pyridine rings is 1. The fourth-order valence-corrected chi connectivity index (χ4v) is 4.77. The number of benzene rings is 1. The van der Waals surface area contributed by atoms with Gasteiger partial charge < -0.3 is 24.8 Å². The molecule has 1 aromatic carbocycles. The minimum Gasteiger partial charge on any atom is -0.465 e. The zero-order valence-electron chi connectivity index (χ0n) is 21.5. The average molecular weight is 491 g/mol. The Morgan fingerprint density at radius 2 is 1.92 bits per heavy atom. The second-order valence-corrected chi connectivity index (χ2v) is 10.4. The lowest BCUT2D eigenvalue weighted by atomic mass is 9.79. The van der Waals surface area contributed by atoms with E-state index in [-0.39, 0.29) is 23.1 Å². The first kappa shape index (κ1) is 25.2. The number of aromatic nitrogens is 3. The Hall–Kier alpha value is -3.88. The van der Waals surface area contributed by atoms with Gasteiger partial charge in [-0.05, 0) is 36.0 Å². The molecule has 1 aliphatic heterocycles. The summed E-state index contributed by atoms with van der Waals surface area (Å²) in [6.07, 6.45) is 3.98. The van der Waals surface area contributed by atoms with Crippen molar-refractivity contribution >= 4 is 23.5 Å². The molecule has 0 aliphatic carbocycles. The molecule has 9 nitrogen and oxygen atoms in total. The summed E-state index contributed by atoms with van der Waals surface area (Å²) in [6.45, 7) is 6.67. The molecular formula is C27H34N6O3. The molecule has 3 aromatic rings. The van der Waals surface area contributed by atoms with E-state index in [1.54, 1.807) is 28.9 Å². The van der Waals surface area contributed by atoms with Crippen LogP contribution in [0.5, 0.6) is 0 Å². The molecule has 4 rings (SSSR count). The van der Waals surface area contributed by atoms with Crippen LogP contribution in [0.3, 0.4) is 0 Å². The standard InChI is InChI=1S/C27H34N6O3/c1-27(2,3)22-15-19(12-14-33(22)26(35)36)29-25-28-13-11-23(30-25)32(5)20-16-21(24(34)31(4)17-20)18-9-7-6-8-10-18/h6-11,13,16-17,19,22H,12,14-15H2,1-5H3,(H,35,36)(H,28,29,30). The number of anilines is 3. The second-order valence-electron chi connectivity index (χ2n) is 10.4. The van der Waals surface area contributed by atoms with Crippen molar-refractivity contribution in [2.75, 3.05) is 23.8 Å². The van der Waals surface area contributed by atoms with Crippen molar-refractivity contribution in [3.8, 4) is 11.1 Å². The number of hydrogen-bond donors (Lipinski definition) is 2. The van der Waals surface area contributed by atoms with Crippen molar-refractivity contribution in [1.29, 1.82) is 0 Å². The van der Waals surface area contributed by atoms with Crippen molar-refractivity contribution in [3.63, 3.8) is 0 Å². The zero-order chi connectivity index (χ0) is 26.0. The molecule has 9 heteroatoms. The molecule has 190 valence electrons. The lowest BCUT2D eigenvalue weighted by molar-refractivity contribution is 0.0557. The lowest BCUT2D eigenvalue weighted by Crippen LogP contribution is -2.54. The van der Waals surface area contributed by atoms with E-state index in [1.807, 2.05) is 54.4 Å². The van der Waals surface area contributed by atoms with Gasteiger partial charge in [0, 0.05) is 50.7 Å². The van der Waals surface area contributed by atoms with Gasteiger partial charge in [0.15, 0.2) is 0 Å². The summed E-state index contributed by atoms with van der Waals surface area (Å²) < 4.78 is 1.58. The van der Waals surface area contributed by atoms with Crippen molar-refractivity contribution in [1.82, 2.24) is 19.4 Å². The maximum absolute atomic E-state index is 12.8. The molecule has 1 saturated heterocycles. The van der Waals surface area contributed by atoms with Gasteiger partial charge in [-0.3, -0.25) is 4.79 Å². The van der Waals surface area contributed by atoms with Crippen LogP contribution >= 0.6 is 0 Å². The summed E-state index contributed by atoms with van der Waals surface area (Å²) >= 11 is 0. The maximum Gasteiger partial charge on any atom is 0.407 e. The van der Waals surface area contributed by atoms with Crippen LogP contribution in [0.1, 0.15) is 33.6 Å². The van der Waals surface area contributed by atoms with Gasteiger partial charge in [-0.1, -0.05) is 51.1 Å². The van der Waals surface area contributed by atoms with E-state index in [1.165, 1.54) is 0 Å². The number of amides is 1. The van der Waals surface area contributed by atoms with Crippen LogP contribution in [-0.2, 0) is 7.05 Å². The number of carbonyl (C=O) groups is 1. The molecule has 36 heavy (non-hydrogen) atoms. The van der Waals surface area contributed by atoms with Gasteiger partial charge in [-0.15, -0.1) is 0 Å². The predicted molar refractivity (Wildman–Crippen MR) is 142 cm³/mol. The summed E-state index contributed by atoms with van der Waals surface area (Å²) in [5.41, 5.74) is 2.06. The third kappa shape index (κ3) is 5.35. The summed E-state index contributed by atoms with van der Waals surface area (Å²) in [6, 6.07) is 13.3. The molecule has 0 spiro atoms. The first-order chi connectivity index (χ1) is 17.0. The number of hydrogen-bond acceptors (Lipinski definition) is 6. The van der Waals surface area contributed by atoms with Crippen LogP contribution in [-0.4, -0.2) is 56.3 Å². The van der Waals surface area contributed by atoms with E-state index in [0.29, 0.717) is 36.7 Å². The first-order valence-electron chi connectivity index (χ1n) is 12.1. The Balaban J connectivity index is 1.56. The molecule has 2 unspecified atom stereocenters. The Labute approximate surface area is 211 Å². The van der Waals surface area contributed by atoms with Gasteiger partial charge in [-0.25, -0.2) is 9.78 Å². The Morgan fingerprint density at radius 3 is 2.58 bits per heavy atom. The highest BCUT2D eigenvalue weighted by atomic mass is 16.4. The van der Waals surface area contributed by atoms with Crippen LogP contribution in [0.25, 0.3) is 11.1 Å². The lowest BCUT2D eigenvalue weighted by Gasteiger charge is -2.44. The van der Waals surface area contributed by atoms with Gasteiger partial charge >= 0.3 is 6.09 Å². The van der Waals surface area contributed by atoms with Crippen LogP contribution in [0.2, 0.25) is 0 Å². The molecule has 3 heterocycles. The number of nitrogens with zero attached hydrogens (tertiary/aromatic N) is 5. The molecule has 2 aromatic heterocycles. The van der Waals surface area contributed by atoms with Crippen LogP contribution in [0, 0.1) is 5.41 Å². The number of nitrogens with one attached hydrogen (secondary N) is 1. The molecule has 0 bridgehead atoms. The highest BCUT2D eigenvalue weighted by molar-refractivity contribution is 5.70. The summed E-state index contributed by atoms with van der Waals surface area (Å²) in [4.78, 5) is 37.1. The van der Waals surface area contributed by atoms with Crippen LogP contribution < -0.4 is 15.8 Å². The first-order valence-corrected chi connectivity index (χ1v) is 12.1. The molecule has 1 aliphatic rings. The van der Waals surface area contributed by atoms with Gasteiger partial charge in [0.2, 0.25) is 5.95 Å². The van der Waals surface area contributed by atoms with Gasteiger partial charge in [0.1, 0.15) is 5.82 Å². The number of carboxylic acid groups (broad SMARTS) is 1. The SMILES string of the molecule is CN(c1cc(-c2ccccc2)c(=O)n(C)c1)c1ccnc(NC2CCN(C(=O)O)C(C(C)(C)C)C2)n1. The molecule has 0 radical (unpaired) electrons. The molecule has 1 fully saturated rings. The largest absolute Gasteiger partial charge is 0.465 e. The topological polar surface area (TPSA) is 104 Å². The number of piperidine rings is 1. The smallest absolute Gasteiger partial charge is 0.407 e. The number of likely N-dealkylation sites (tertiary alicyclic amines) is 1. The van der Waals surface area contributed by atoms with E-state index in [4.69, 9.17) is 4.98 Å². The molecular weight excluding hydrogens is 456 g/mol. The normalized spacial score (nSPS) is 18.1. The Morgan fingerprint density at radius 1 is 1.19 bits per heavy atom. The molecule has 1 amide bonds. The van der Waals surface area contributed by atoms with Crippen LogP contribution in [0.4, 0.5) is 22.2 Å². The summed E-state index contributed by atoms with van der Waals surface area (Å²) in [7, 11) is 3.65. The van der Waals surface area contributed by atoms with Crippen molar-refractivity contribution in [2.24, 2.45) is 12.5 Å². The van der Waals surface area contributed by atoms with Crippen molar-refractivity contribution < 1.29 is 9.90 Å². The van der Waals surface area contributed by atoms with Crippen LogP contribution in [0.15, 0.2) is 59.7 Å². The third-order valence-corrected chi connectivity index (χ3v) is 6.81. The quantitative estimate of drug-likeness (QED) is 0.540. The minimum absolute atomic E-state index is 0.0626. The highest BCUT2D eigenvalue weighted by Crippen LogP contribution is 2.33. The molecule has 2 N–H and O–H groups in total. The second kappa shape index (κ2) is 10.0. The third-order valence-electron chi connectivity index (χ3n) is 6.81. The molecule has 2 atom stereocenters. The fraction of sp³-hybridized carbons (Fsp3) is 0.407. The molecule has 0 saturated carbocycles. The Bertz CT molecular complexity index is 1280. The highest BCUT2D eigenvalue weighted by Gasteiger charge is 2.38. The van der Waals surface area contributed by atoms with Crippen molar-refractivity contribution in [2.45, 2.75) is 45.7 Å². The fourth-order valence-electron chi connectivity index (χ4n) is 4.77. The Kier molecular flexibility index (Phi) is 7.01. The van der Waals surface area contributed by atoms with Gasteiger partial charge in [0.05, 0.1) is 5.69 Å². The number of rotatable bonds is 5. The summed E-state index contributed by atoms with van der Waals surface area (Å²) in [5, 5.41) is 13.1. The number of aryl methyl sites for hydroxylation is 1. The average Bonchev–Trinajstić information content (AvgIpc) is 2.85. The van der Waals surface area contributed by atoms with Crippen molar-refractivity contribution in [3.05, 3.63) is 65.2 Å². The van der Waals surface area contributed by atoms with E-state index in [2.05, 4.69) is 31.1 Å². The zero-order valence-corrected chi connectivity index (χ0v) is 21.5. The van der Waals surface area contributed by atoms with E-state index < -0.39 is 6.09 Å². The van der Waals surface area contributed by atoms with E-state index in [9.17, 15) is 14.7 Å². The maximum atomic E-state index is 12.8. The minimum atomic E-state index is -0.875. The monoisotopic (exact) mass is 490 g/mol. The van der Waals surface area contributed by atoms with E-state index >= 15 is 0 Å². The van der Waals surface area contributed by atoms with Gasteiger partial charge in [0.25, 0.3) is 5.56 Å².